The molecule has 0 N–H and O–H groups in total. The maximum atomic E-state index is 13.3. The van der Waals surface area contributed by atoms with Gasteiger partial charge in [-0.3, -0.25) is 9.36 Å². The highest BCUT2D eigenvalue weighted by Gasteiger charge is 2.18. The minimum absolute atomic E-state index is 0.101. The van der Waals surface area contributed by atoms with E-state index in [9.17, 15) is 9.59 Å². The third kappa shape index (κ3) is 3.94. The summed E-state index contributed by atoms with van der Waals surface area (Å²) in [6.07, 6.45) is 0. The average molecular weight is 459 g/mol. The van der Waals surface area contributed by atoms with Crippen molar-refractivity contribution in [2.75, 3.05) is 13.7 Å². The van der Waals surface area contributed by atoms with E-state index in [4.69, 9.17) is 14.1 Å². The van der Waals surface area contributed by atoms with Crippen LogP contribution in [0.3, 0.4) is 0 Å². The van der Waals surface area contributed by atoms with E-state index in [1.807, 2.05) is 61.5 Å². The highest BCUT2D eigenvalue weighted by molar-refractivity contribution is 7.98. The standard InChI is InChI=1S/C26H22N2O4S/c1-16(14-31-2)28-25(30)20-9-5-6-10-21(20)27-26(28)33-15-18-13-23(29)32-22-12-11-17-7-3-4-8-19(17)24(18)22/h3-13,16H,14-15H2,1-2H3/t16-/m0/s1. The fourth-order valence-corrected chi connectivity index (χ4v) is 5.29. The van der Waals surface area contributed by atoms with Crippen LogP contribution < -0.4 is 11.2 Å². The van der Waals surface area contributed by atoms with Gasteiger partial charge in [-0.2, -0.15) is 0 Å². The van der Waals surface area contributed by atoms with E-state index in [2.05, 4.69) is 0 Å². The number of nitrogens with zero attached hydrogens (tertiary/aromatic N) is 2. The summed E-state index contributed by atoms with van der Waals surface area (Å²) in [5.41, 5.74) is 1.54. The highest BCUT2D eigenvalue weighted by Crippen LogP contribution is 2.31. The van der Waals surface area contributed by atoms with Crippen LogP contribution >= 0.6 is 11.8 Å². The number of ether oxygens (including phenoxy) is 1. The van der Waals surface area contributed by atoms with Crippen LogP contribution in [0.1, 0.15) is 18.5 Å². The molecule has 0 aliphatic carbocycles. The smallest absolute Gasteiger partial charge is 0.336 e. The second-order valence-corrected chi connectivity index (χ2v) is 8.87. The zero-order chi connectivity index (χ0) is 22.9. The van der Waals surface area contributed by atoms with Crippen LogP contribution in [0.25, 0.3) is 32.6 Å². The summed E-state index contributed by atoms with van der Waals surface area (Å²) in [5.74, 6) is 0.459. The fourth-order valence-electron chi connectivity index (χ4n) is 4.21. The van der Waals surface area contributed by atoms with Crippen molar-refractivity contribution in [3.63, 3.8) is 0 Å². The Kier molecular flexibility index (Phi) is 5.74. The van der Waals surface area contributed by atoms with Gasteiger partial charge in [-0.05, 0) is 41.5 Å². The van der Waals surface area contributed by atoms with Crippen molar-refractivity contribution in [3.8, 4) is 0 Å². The number of benzene rings is 3. The molecule has 0 unspecified atom stereocenters. The Morgan fingerprint density at radius 2 is 1.79 bits per heavy atom. The lowest BCUT2D eigenvalue weighted by Crippen LogP contribution is -2.28. The zero-order valence-electron chi connectivity index (χ0n) is 18.3. The molecule has 1 atom stereocenters. The SMILES string of the molecule is COC[C@H](C)n1c(SCc2cc(=O)oc3ccc4ccccc4c23)nc2ccccc2c1=O. The lowest BCUT2D eigenvalue weighted by atomic mass is 10.0. The van der Waals surface area contributed by atoms with Gasteiger partial charge < -0.3 is 9.15 Å². The quantitative estimate of drug-likeness (QED) is 0.152. The molecular formula is C26H22N2O4S. The largest absolute Gasteiger partial charge is 0.423 e. The van der Waals surface area contributed by atoms with Crippen molar-refractivity contribution >= 4 is 44.4 Å². The molecule has 0 aliphatic heterocycles. The van der Waals surface area contributed by atoms with E-state index in [0.717, 1.165) is 21.7 Å². The van der Waals surface area contributed by atoms with Gasteiger partial charge in [-0.15, -0.1) is 0 Å². The zero-order valence-corrected chi connectivity index (χ0v) is 19.1. The molecule has 2 heterocycles. The maximum absolute atomic E-state index is 13.3. The summed E-state index contributed by atoms with van der Waals surface area (Å²) in [5, 5.41) is 4.15. The van der Waals surface area contributed by atoms with Gasteiger partial charge >= 0.3 is 5.63 Å². The maximum Gasteiger partial charge on any atom is 0.336 e. The van der Waals surface area contributed by atoms with E-state index in [-0.39, 0.29) is 11.6 Å². The van der Waals surface area contributed by atoms with Crippen LogP contribution in [0.2, 0.25) is 0 Å². The molecule has 0 saturated carbocycles. The van der Waals surface area contributed by atoms with Crippen molar-refractivity contribution in [3.05, 3.63) is 93.1 Å². The number of thioether (sulfide) groups is 1. The van der Waals surface area contributed by atoms with Gasteiger partial charge in [0, 0.05) is 24.3 Å². The summed E-state index contributed by atoms with van der Waals surface area (Å²) < 4.78 is 12.5. The van der Waals surface area contributed by atoms with Gasteiger partial charge in [0.2, 0.25) is 0 Å². The summed E-state index contributed by atoms with van der Waals surface area (Å²) in [6, 6.07) is 20.5. The van der Waals surface area contributed by atoms with Crippen molar-refractivity contribution in [1.29, 1.82) is 0 Å². The number of rotatable bonds is 6. The number of hydrogen-bond acceptors (Lipinski definition) is 6. The third-order valence-corrected chi connectivity index (χ3v) is 6.70. The second kappa shape index (κ2) is 8.84. The molecule has 0 amide bonds. The fraction of sp³-hybridized carbons (Fsp3) is 0.192. The lowest BCUT2D eigenvalue weighted by molar-refractivity contribution is 0.156. The van der Waals surface area contributed by atoms with E-state index in [0.29, 0.717) is 34.0 Å². The Balaban J connectivity index is 1.65. The molecule has 5 rings (SSSR count). The van der Waals surface area contributed by atoms with Crippen molar-refractivity contribution in [2.45, 2.75) is 23.9 Å². The molecule has 0 spiro atoms. The van der Waals surface area contributed by atoms with Crippen LogP contribution in [-0.2, 0) is 10.5 Å². The molecule has 0 fully saturated rings. The van der Waals surface area contributed by atoms with Gasteiger partial charge in [-0.1, -0.05) is 54.2 Å². The molecule has 5 aromatic rings. The molecule has 0 radical (unpaired) electrons. The van der Waals surface area contributed by atoms with Gasteiger partial charge in [0.15, 0.2) is 5.16 Å². The normalized spacial score (nSPS) is 12.5. The number of methoxy groups -OCH3 is 1. The molecule has 7 heteroatoms. The first kappa shape index (κ1) is 21.4. The molecule has 2 aromatic heterocycles. The topological polar surface area (TPSA) is 74.3 Å². The van der Waals surface area contributed by atoms with Crippen LogP contribution in [0.5, 0.6) is 0 Å². The first-order valence-electron chi connectivity index (χ1n) is 10.6. The van der Waals surface area contributed by atoms with Crippen molar-refractivity contribution in [2.24, 2.45) is 0 Å². The molecule has 6 nitrogen and oxygen atoms in total. The molecule has 33 heavy (non-hydrogen) atoms. The van der Waals surface area contributed by atoms with Crippen LogP contribution in [0.4, 0.5) is 0 Å². The second-order valence-electron chi connectivity index (χ2n) is 7.93. The minimum Gasteiger partial charge on any atom is -0.423 e. The number of para-hydroxylation sites is 1. The highest BCUT2D eigenvalue weighted by atomic mass is 32.2. The van der Waals surface area contributed by atoms with E-state index < -0.39 is 5.63 Å². The Hall–Kier alpha value is -3.42. The first-order chi connectivity index (χ1) is 16.1. The molecule has 0 aliphatic rings. The van der Waals surface area contributed by atoms with Gasteiger partial charge in [0.25, 0.3) is 5.56 Å². The predicted octanol–water partition coefficient (Wildman–Crippen LogP) is 5.16. The molecular weight excluding hydrogens is 436 g/mol. The monoisotopic (exact) mass is 458 g/mol. The number of hydrogen-bond donors (Lipinski definition) is 0. The summed E-state index contributed by atoms with van der Waals surface area (Å²) in [7, 11) is 1.61. The van der Waals surface area contributed by atoms with E-state index >= 15 is 0 Å². The molecule has 3 aromatic carbocycles. The van der Waals surface area contributed by atoms with Crippen LogP contribution in [-0.4, -0.2) is 23.3 Å². The first-order valence-corrected chi connectivity index (χ1v) is 11.6. The Morgan fingerprint density at radius 1 is 1.03 bits per heavy atom. The third-order valence-electron chi connectivity index (χ3n) is 5.70. The lowest BCUT2D eigenvalue weighted by Gasteiger charge is -2.19. The summed E-state index contributed by atoms with van der Waals surface area (Å²) in [6.45, 7) is 2.32. The predicted molar refractivity (Wildman–Crippen MR) is 132 cm³/mol. The summed E-state index contributed by atoms with van der Waals surface area (Å²) in [4.78, 5) is 30.4. The van der Waals surface area contributed by atoms with Crippen molar-refractivity contribution < 1.29 is 9.15 Å². The van der Waals surface area contributed by atoms with E-state index in [1.165, 1.54) is 17.8 Å². The Bertz CT molecular complexity index is 1610. The average Bonchev–Trinajstić information content (AvgIpc) is 2.82. The number of aromatic nitrogens is 2. The summed E-state index contributed by atoms with van der Waals surface area (Å²) >= 11 is 1.43. The molecule has 0 saturated heterocycles. The molecule has 0 bridgehead atoms. The van der Waals surface area contributed by atoms with Crippen LogP contribution in [0, 0.1) is 0 Å². The Labute approximate surface area is 193 Å². The van der Waals surface area contributed by atoms with E-state index in [1.54, 1.807) is 17.7 Å². The number of fused-ring (bicyclic) bond motifs is 4. The van der Waals surface area contributed by atoms with Crippen molar-refractivity contribution in [1.82, 2.24) is 9.55 Å². The van der Waals surface area contributed by atoms with Gasteiger partial charge in [0.1, 0.15) is 5.58 Å². The van der Waals surface area contributed by atoms with Gasteiger partial charge in [-0.25, -0.2) is 9.78 Å². The van der Waals surface area contributed by atoms with Gasteiger partial charge in [0.05, 0.1) is 23.6 Å². The Morgan fingerprint density at radius 3 is 2.61 bits per heavy atom. The minimum atomic E-state index is -0.398. The van der Waals surface area contributed by atoms with Crippen LogP contribution in [0.15, 0.2) is 85.9 Å². The molecule has 166 valence electrons.